The van der Waals surface area contributed by atoms with E-state index in [4.69, 9.17) is 0 Å². The fraction of sp³-hybridized carbons (Fsp3) is 0.167. The van der Waals surface area contributed by atoms with E-state index in [1.54, 1.807) is 6.08 Å². The summed E-state index contributed by atoms with van der Waals surface area (Å²) >= 11 is 0. The lowest BCUT2D eigenvalue weighted by Gasteiger charge is -2.11. The minimum atomic E-state index is -0.904. The van der Waals surface area contributed by atoms with Crippen LogP contribution in [0.4, 0.5) is 5.69 Å². The van der Waals surface area contributed by atoms with Crippen LogP contribution in [0.25, 0.3) is 11.6 Å². The third-order valence-corrected chi connectivity index (χ3v) is 3.86. The van der Waals surface area contributed by atoms with Crippen LogP contribution in [0.1, 0.15) is 16.7 Å². The normalized spacial score (nSPS) is 14.1. The molecule has 0 spiro atoms. The molecule has 0 atom stereocenters. The van der Waals surface area contributed by atoms with E-state index in [0.29, 0.717) is 5.57 Å². The Hall–Kier alpha value is -2.55. The van der Waals surface area contributed by atoms with Crippen LogP contribution in [-0.2, 0) is 11.2 Å². The first-order chi connectivity index (χ1) is 10.1. The molecule has 106 valence electrons. The number of fused-ring (bicyclic) bond motifs is 1. The average molecular weight is 279 g/mol. The van der Waals surface area contributed by atoms with Gasteiger partial charge in [-0.2, -0.15) is 0 Å². The molecule has 0 radical (unpaired) electrons. The highest BCUT2D eigenvalue weighted by molar-refractivity contribution is 6.20. The van der Waals surface area contributed by atoms with Gasteiger partial charge in [-0.25, -0.2) is 4.79 Å². The van der Waals surface area contributed by atoms with Crippen molar-refractivity contribution in [2.75, 3.05) is 18.5 Å². The molecule has 3 nitrogen and oxygen atoms in total. The van der Waals surface area contributed by atoms with Gasteiger partial charge in [0.05, 0.1) is 5.57 Å². The van der Waals surface area contributed by atoms with E-state index in [1.165, 1.54) is 11.3 Å². The summed E-state index contributed by atoms with van der Waals surface area (Å²) in [6.07, 6.45) is 2.76. The first-order valence-electron chi connectivity index (χ1n) is 6.99. The minimum Gasteiger partial charge on any atom is -0.478 e. The van der Waals surface area contributed by atoms with Gasteiger partial charge in [0.15, 0.2) is 0 Å². The Balaban J connectivity index is 2.01. The maximum Gasteiger partial charge on any atom is 0.336 e. The van der Waals surface area contributed by atoms with Crippen molar-refractivity contribution in [3.05, 3.63) is 65.2 Å². The average Bonchev–Trinajstić information content (AvgIpc) is 2.86. The van der Waals surface area contributed by atoms with Gasteiger partial charge in [-0.05, 0) is 41.3 Å². The molecule has 0 saturated carbocycles. The van der Waals surface area contributed by atoms with Crippen LogP contribution in [0.5, 0.6) is 0 Å². The second-order valence-electron chi connectivity index (χ2n) is 5.29. The zero-order chi connectivity index (χ0) is 14.8. The number of hydrogen-bond donors (Lipinski definition) is 1. The zero-order valence-corrected chi connectivity index (χ0v) is 11.9. The van der Waals surface area contributed by atoms with Crippen molar-refractivity contribution >= 4 is 23.3 Å². The van der Waals surface area contributed by atoms with Gasteiger partial charge >= 0.3 is 5.97 Å². The van der Waals surface area contributed by atoms with Crippen molar-refractivity contribution < 1.29 is 9.90 Å². The third kappa shape index (κ3) is 2.68. The van der Waals surface area contributed by atoms with Crippen LogP contribution in [0.2, 0.25) is 0 Å². The summed E-state index contributed by atoms with van der Waals surface area (Å²) in [5.74, 6) is -0.904. The number of benzene rings is 2. The second kappa shape index (κ2) is 5.44. The number of carboxylic acids is 1. The number of hydrogen-bond acceptors (Lipinski definition) is 2. The molecule has 0 aliphatic carbocycles. The molecule has 0 bridgehead atoms. The Morgan fingerprint density at radius 3 is 2.67 bits per heavy atom. The monoisotopic (exact) mass is 279 g/mol. The molecule has 1 N–H and O–H groups in total. The standard InChI is InChI=1S/C18H17NO2/c1-19-10-9-15-11-13(7-8-17(15)19)12-16(18(20)21)14-5-3-2-4-6-14/h2-8,11-12H,9-10H2,1H3,(H,20,21). The fourth-order valence-electron chi connectivity index (χ4n) is 2.73. The summed E-state index contributed by atoms with van der Waals surface area (Å²) in [7, 11) is 2.08. The van der Waals surface area contributed by atoms with Gasteiger partial charge in [-0.3, -0.25) is 0 Å². The van der Waals surface area contributed by atoms with E-state index in [-0.39, 0.29) is 0 Å². The van der Waals surface area contributed by atoms with Crippen LogP contribution < -0.4 is 4.90 Å². The quantitative estimate of drug-likeness (QED) is 0.692. The highest BCUT2D eigenvalue weighted by Gasteiger charge is 2.16. The molecule has 2 aromatic rings. The van der Waals surface area contributed by atoms with Gasteiger partial charge in [0, 0.05) is 19.3 Å². The first-order valence-corrected chi connectivity index (χ1v) is 6.99. The second-order valence-corrected chi connectivity index (χ2v) is 5.29. The maximum atomic E-state index is 11.5. The molecule has 1 aliphatic heterocycles. The number of carboxylic acid groups (broad SMARTS) is 1. The van der Waals surface area contributed by atoms with Crippen LogP contribution in [0.15, 0.2) is 48.5 Å². The molecule has 0 aromatic heterocycles. The zero-order valence-electron chi connectivity index (χ0n) is 11.9. The molecular formula is C18H17NO2. The number of aliphatic carboxylic acids is 1. The fourth-order valence-corrected chi connectivity index (χ4v) is 2.73. The molecule has 3 rings (SSSR count). The van der Waals surface area contributed by atoms with Crippen molar-refractivity contribution in [3.8, 4) is 0 Å². The molecule has 0 unspecified atom stereocenters. The number of rotatable bonds is 3. The van der Waals surface area contributed by atoms with Crippen LogP contribution >= 0.6 is 0 Å². The predicted octanol–water partition coefficient (Wildman–Crippen LogP) is 3.30. The van der Waals surface area contributed by atoms with Crippen LogP contribution in [-0.4, -0.2) is 24.7 Å². The van der Waals surface area contributed by atoms with Gasteiger partial charge in [0.25, 0.3) is 0 Å². The van der Waals surface area contributed by atoms with Crippen molar-refractivity contribution in [1.82, 2.24) is 0 Å². The first kappa shape index (κ1) is 13.4. The molecule has 3 heteroatoms. The van der Waals surface area contributed by atoms with Crippen molar-refractivity contribution in [3.63, 3.8) is 0 Å². The lowest BCUT2D eigenvalue weighted by Crippen LogP contribution is -2.12. The van der Waals surface area contributed by atoms with E-state index in [0.717, 1.165) is 24.1 Å². The Morgan fingerprint density at radius 2 is 1.95 bits per heavy atom. The van der Waals surface area contributed by atoms with Gasteiger partial charge in [-0.15, -0.1) is 0 Å². The molecule has 0 saturated heterocycles. The SMILES string of the molecule is CN1CCc2cc(C=C(C(=O)O)c3ccccc3)ccc21. The van der Waals surface area contributed by atoms with Gasteiger partial charge < -0.3 is 10.0 Å². The lowest BCUT2D eigenvalue weighted by molar-refractivity contribution is -0.130. The Kier molecular flexibility index (Phi) is 3.48. The number of nitrogens with zero attached hydrogens (tertiary/aromatic N) is 1. The summed E-state index contributed by atoms with van der Waals surface area (Å²) < 4.78 is 0. The lowest BCUT2D eigenvalue weighted by atomic mass is 10.0. The van der Waals surface area contributed by atoms with Gasteiger partial charge in [0.2, 0.25) is 0 Å². The molecule has 0 amide bonds. The van der Waals surface area contributed by atoms with E-state index in [9.17, 15) is 9.90 Å². The third-order valence-electron chi connectivity index (χ3n) is 3.86. The number of likely N-dealkylation sites (N-methyl/N-ethyl adjacent to an activating group) is 1. The Labute approximate surface area is 124 Å². The molecule has 21 heavy (non-hydrogen) atoms. The molecule has 1 heterocycles. The van der Waals surface area contributed by atoms with Crippen molar-refractivity contribution in [1.29, 1.82) is 0 Å². The summed E-state index contributed by atoms with van der Waals surface area (Å²) in [5, 5.41) is 9.45. The van der Waals surface area contributed by atoms with Gasteiger partial charge in [0.1, 0.15) is 0 Å². The predicted molar refractivity (Wildman–Crippen MR) is 85.4 cm³/mol. The summed E-state index contributed by atoms with van der Waals surface area (Å²) in [4.78, 5) is 13.7. The van der Waals surface area contributed by atoms with E-state index in [1.807, 2.05) is 36.4 Å². The largest absolute Gasteiger partial charge is 0.478 e. The molecular weight excluding hydrogens is 262 g/mol. The van der Waals surface area contributed by atoms with Crippen LogP contribution in [0.3, 0.4) is 0 Å². The Bertz CT molecular complexity index is 704. The highest BCUT2D eigenvalue weighted by Crippen LogP contribution is 2.29. The van der Waals surface area contributed by atoms with Crippen molar-refractivity contribution in [2.24, 2.45) is 0 Å². The Morgan fingerprint density at radius 1 is 1.19 bits per heavy atom. The van der Waals surface area contributed by atoms with E-state index >= 15 is 0 Å². The van der Waals surface area contributed by atoms with Crippen LogP contribution in [0, 0.1) is 0 Å². The molecule has 2 aromatic carbocycles. The summed E-state index contributed by atoms with van der Waals surface area (Å²) in [6.45, 7) is 1.02. The van der Waals surface area contributed by atoms with E-state index < -0.39 is 5.97 Å². The van der Waals surface area contributed by atoms with Gasteiger partial charge in [-0.1, -0.05) is 36.4 Å². The van der Waals surface area contributed by atoms with E-state index in [2.05, 4.69) is 24.1 Å². The minimum absolute atomic E-state index is 0.321. The number of carbonyl (C=O) groups is 1. The number of anilines is 1. The summed E-state index contributed by atoms with van der Waals surface area (Å²) in [5.41, 5.74) is 4.50. The molecule has 0 fully saturated rings. The summed E-state index contributed by atoms with van der Waals surface area (Å²) in [6, 6.07) is 15.4. The highest BCUT2D eigenvalue weighted by atomic mass is 16.4. The smallest absolute Gasteiger partial charge is 0.336 e. The maximum absolute atomic E-state index is 11.5. The van der Waals surface area contributed by atoms with Crippen molar-refractivity contribution in [2.45, 2.75) is 6.42 Å². The topological polar surface area (TPSA) is 40.5 Å². The molecule has 1 aliphatic rings.